The van der Waals surface area contributed by atoms with Crippen molar-refractivity contribution in [2.24, 2.45) is 0 Å². The number of nitrogens with zero attached hydrogens (tertiary/aromatic N) is 2. The number of aryl methyl sites for hydroxylation is 1. The number of hydrogen-bond acceptors (Lipinski definition) is 3. The molecule has 0 saturated heterocycles. The monoisotopic (exact) mass is 261 g/mol. The third-order valence-electron chi connectivity index (χ3n) is 4.29. The van der Waals surface area contributed by atoms with Crippen molar-refractivity contribution in [1.29, 1.82) is 0 Å². The van der Waals surface area contributed by atoms with Crippen LogP contribution in [0.5, 0.6) is 0 Å². The van der Waals surface area contributed by atoms with Gasteiger partial charge in [0.1, 0.15) is 6.33 Å². The maximum absolute atomic E-state index is 4.62. The van der Waals surface area contributed by atoms with E-state index in [2.05, 4.69) is 36.1 Å². The van der Waals surface area contributed by atoms with Gasteiger partial charge in [-0.3, -0.25) is 0 Å². The fourth-order valence-corrected chi connectivity index (χ4v) is 3.13. The second kappa shape index (κ2) is 6.99. The summed E-state index contributed by atoms with van der Waals surface area (Å²) in [5.74, 6) is 0.478. The molecule has 1 aromatic rings. The maximum atomic E-state index is 4.62. The Bertz CT molecular complexity index is 403. The fraction of sp³-hybridized carbons (Fsp3) is 0.750. The Labute approximate surface area is 117 Å². The molecule has 0 radical (unpaired) electrons. The van der Waals surface area contributed by atoms with Gasteiger partial charge >= 0.3 is 0 Å². The molecule has 106 valence electrons. The summed E-state index contributed by atoms with van der Waals surface area (Å²) < 4.78 is 0. The van der Waals surface area contributed by atoms with E-state index in [9.17, 15) is 0 Å². The van der Waals surface area contributed by atoms with E-state index >= 15 is 0 Å². The van der Waals surface area contributed by atoms with Gasteiger partial charge in [0.15, 0.2) is 0 Å². The highest BCUT2D eigenvalue weighted by atomic mass is 14.9. The summed E-state index contributed by atoms with van der Waals surface area (Å²) in [6.45, 7) is 7.89. The minimum Gasteiger partial charge on any atom is -0.313 e. The molecule has 1 aliphatic rings. The Morgan fingerprint density at radius 3 is 2.74 bits per heavy atom. The van der Waals surface area contributed by atoms with Gasteiger partial charge < -0.3 is 5.32 Å². The normalized spacial score (nSPS) is 17.8. The van der Waals surface area contributed by atoms with Gasteiger partial charge in [-0.15, -0.1) is 0 Å². The summed E-state index contributed by atoms with van der Waals surface area (Å²) in [7, 11) is 0. The zero-order valence-electron chi connectivity index (χ0n) is 12.6. The molecule has 0 aliphatic heterocycles. The summed E-state index contributed by atoms with van der Waals surface area (Å²) in [6.07, 6.45) is 8.98. The van der Waals surface area contributed by atoms with Gasteiger partial charge in [0.25, 0.3) is 0 Å². The maximum Gasteiger partial charge on any atom is 0.115 e. The van der Waals surface area contributed by atoms with E-state index in [-0.39, 0.29) is 0 Å². The van der Waals surface area contributed by atoms with Crippen molar-refractivity contribution in [3.05, 3.63) is 23.3 Å². The molecule has 2 unspecified atom stereocenters. The minimum atomic E-state index is 0.478. The highest BCUT2D eigenvalue weighted by molar-refractivity contribution is 5.30. The van der Waals surface area contributed by atoms with Gasteiger partial charge in [-0.2, -0.15) is 0 Å². The largest absolute Gasteiger partial charge is 0.313 e. The number of hydrogen-bond donors (Lipinski definition) is 1. The zero-order valence-corrected chi connectivity index (χ0v) is 12.6. The van der Waals surface area contributed by atoms with Crippen LogP contribution in [0.3, 0.4) is 0 Å². The third-order valence-corrected chi connectivity index (χ3v) is 4.29. The van der Waals surface area contributed by atoms with Crippen molar-refractivity contribution < 1.29 is 0 Å². The van der Waals surface area contributed by atoms with Crippen molar-refractivity contribution in [3.63, 3.8) is 0 Å². The Hall–Kier alpha value is -0.960. The third kappa shape index (κ3) is 3.33. The molecule has 1 aliphatic carbocycles. The summed E-state index contributed by atoms with van der Waals surface area (Å²) in [6, 6.07) is 0.529. The predicted molar refractivity (Wildman–Crippen MR) is 79.5 cm³/mol. The molecule has 0 aromatic carbocycles. The lowest BCUT2D eigenvalue weighted by Crippen LogP contribution is -2.35. The van der Waals surface area contributed by atoms with E-state index in [1.165, 1.54) is 42.6 Å². The molecule has 3 heteroatoms. The van der Waals surface area contributed by atoms with E-state index in [4.69, 9.17) is 0 Å². The molecule has 0 bridgehead atoms. The highest BCUT2D eigenvalue weighted by Gasteiger charge is 2.23. The van der Waals surface area contributed by atoms with E-state index in [0.717, 1.165) is 19.4 Å². The molecule has 0 spiro atoms. The lowest BCUT2D eigenvalue weighted by Gasteiger charge is -2.27. The highest BCUT2D eigenvalue weighted by Crippen LogP contribution is 2.28. The van der Waals surface area contributed by atoms with Gasteiger partial charge in [0, 0.05) is 17.7 Å². The molecule has 0 saturated carbocycles. The topological polar surface area (TPSA) is 37.8 Å². The van der Waals surface area contributed by atoms with E-state index in [1.807, 2.05) is 0 Å². The Kier molecular flexibility index (Phi) is 5.32. The van der Waals surface area contributed by atoms with Crippen molar-refractivity contribution in [3.8, 4) is 0 Å². The van der Waals surface area contributed by atoms with Crippen LogP contribution in [0.1, 0.15) is 69.3 Å². The van der Waals surface area contributed by atoms with Crippen LogP contribution >= 0.6 is 0 Å². The molecule has 3 nitrogen and oxygen atoms in total. The molecular formula is C16H27N3. The minimum absolute atomic E-state index is 0.478. The van der Waals surface area contributed by atoms with Crippen molar-refractivity contribution in [2.75, 3.05) is 6.54 Å². The second-order valence-corrected chi connectivity index (χ2v) is 5.65. The van der Waals surface area contributed by atoms with Gasteiger partial charge in [-0.25, -0.2) is 9.97 Å². The van der Waals surface area contributed by atoms with Crippen LogP contribution in [0.25, 0.3) is 0 Å². The molecule has 2 rings (SSSR count). The standard InChI is InChI=1S/C16H27N3/c1-4-10-17-14(5-2)12(3)16-13-8-6-7-9-15(13)18-11-19-16/h11-12,14,17H,4-10H2,1-3H3. The smallest absolute Gasteiger partial charge is 0.115 e. The van der Waals surface area contributed by atoms with Crippen LogP contribution in [0.4, 0.5) is 0 Å². The molecule has 1 heterocycles. The predicted octanol–water partition coefficient (Wildman–Crippen LogP) is 3.24. The SMILES string of the molecule is CCCNC(CC)C(C)c1ncnc2c1CCCC2. The first-order valence-corrected chi connectivity index (χ1v) is 7.83. The van der Waals surface area contributed by atoms with Crippen LogP contribution in [-0.2, 0) is 12.8 Å². The summed E-state index contributed by atoms with van der Waals surface area (Å²) in [5, 5.41) is 3.66. The number of fused-ring (bicyclic) bond motifs is 1. The van der Waals surface area contributed by atoms with Gasteiger partial charge in [-0.05, 0) is 50.6 Å². The van der Waals surface area contributed by atoms with Crippen LogP contribution in [0.2, 0.25) is 0 Å². The molecule has 19 heavy (non-hydrogen) atoms. The molecule has 1 N–H and O–H groups in total. The van der Waals surface area contributed by atoms with Gasteiger partial charge in [0.05, 0.1) is 5.69 Å². The van der Waals surface area contributed by atoms with Crippen LogP contribution in [0, 0.1) is 0 Å². The fourth-order valence-electron chi connectivity index (χ4n) is 3.13. The lowest BCUT2D eigenvalue weighted by atomic mass is 9.87. The van der Waals surface area contributed by atoms with Crippen molar-refractivity contribution in [1.82, 2.24) is 15.3 Å². The second-order valence-electron chi connectivity index (χ2n) is 5.65. The lowest BCUT2D eigenvalue weighted by molar-refractivity contribution is 0.428. The molecule has 0 fully saturated rings. The molecular weight excluding hydrogens is 234 g/mol. The Morgan fingerprint density at radius 1 is 1.21 bits per heavy atom. The number of rotatable bonds is 6. The number of nitrogens with one attached hydrogen (secondary N) is 1. The Morgan fingerprint density at radius 2 is 2.00 bits per heavy atom. The van der Waals surface area contributed by atoms with Crippen LogP contribution in [-0.4, -0.2) is 22.6 Å². The van der Waals surface area contributed by atoms with Crippen molar-refractivity contribution >= 4 is 0 Å². The van der Waals surface area contributed by atoms with E-state index < -0.39 is 0 Å². The van der Waals surface area contributed by atoms with Gasteiger partial charge in [0.2, 0.25) is 0 Å². The first-order valence-electron chi connectivity index (χ1n) is 7.83. The summed E-state index contributed by atoms with van der Waals surface area (Å²) >= 11 is 0. The van der Waals surface area contributed by atoms with E-state index in [1.54, 1.807) is 6.33 Å². The van der Waals surface area contributed by atoms with Crippen molar-refractivity contribution in [2.45, 2.75) is 71.3 Å². The molecule has 1 aromatic heterocycles. The first kappa shape index (κ1) is 14.4. The number of aromatic nitrogens is 2. The first-order chi connectivity index (χ1) is 9.27. The molecule has 0 amide bonds. The van der Waals surface area contributed by atoms with Gasteiger partial charge in [-0.1, -0.05) is 20.8 Å². The zero-order chi connectivity index (χ0) is 13.7. The molecule has 2 atom stereocenters. The quantitative estimate of drug-likeness (QED) is 0.854. The Balaban J connectivity index is 2.20. The van der Waals surface area contributed by atoms with Crippen LogP contribution < -0.4 is 5.32 Å². The summed E-state index contributed by atoms with van der Waals surface area (Å²) in [4.78, 5) is 9.10. The van der Waals surface area contributed by atoms with E-state index in [0.29, 0.717) is 12.0 Å². The average Bonchev–Trinajstić information content (AvgIpc) is 2.47. The summed E-state index contributed by atoms with van der Waals surface area (Å²) in [5.41, 5.74) is 4.03. The average molecular weight is 261 g/mol. The van der Waals surface area contributed by atoms with Crippen LogP contribution in [0.15, 0.2) is 6.33 Å².